The molecule has 2 aromatic heterocycles. The van der Waals surface area contributed by atoms with Crippen LogP contribution in [0.5, 0.6) is 0 Å². The highest BCUT2D eigenvalue weighted by Gasteiger charge is 2.22. The number of benzene rings is 7. The Hall–Kier alpha value is -6.32. The van der Waals surface area contributed by atoms with E-state index in [9.17, 15) is 0 Å². The number of rotatable bonds is 5. The third-order valence-electron chi connectivity index (χ3n) is 9.24. The van der Waals surface area contributed by atoms with Crippen molar-refractivity contribution in [1.82, 2.24) is 9.61 Å². The maximum absolute atomic E-state index is 15.1. The van der Waals surface area contributed by atoms with Crippen LogP contribution in [-0.4, -0.2) is 9.61 Å². The molecule has 0 fully saturated rings. The van der Waals surface area contributed by atoms with E-state index in [-0.39, 0.29) is 5.82 Å². The molecular weight excluding hydrogens is 588 g/mol. The molecule has 0 aliphatic rings. The molecule has 0 saturated carbocycles. The average Bonchev–Trinajstić information content (AvgIpc) is 3.56. The molecule has 2 heterocycles. The summed E-state index contributed by atoms with van der Waals surface area (Å²) in [6.45, 7) is 0. The van der Waals surface area contributed by atoms with Gasteiger partial charge in [0.2, 0.25) is 0 Å². The standard InChI is InChI=1S/C45H29FN2/c46-38-25-24-35-28-42(32-15-5-2-6-16-32)48-45(41(35)29-38)43(44(47-48)37-21-9-18-33(26-37)30-12-3-1-4-13-30)36-20-10-19-34(27-36)40-23-11-17-31-14-7-8-22-39(31)40/h1-29H. The van der Waals surface area contributed by atoms with Gasteiger partial charge in [-0.05, 0) is 74.3 Å². The summed E-state index contributed by atoms with van der Waals surface area (Å²) in [5, 5.41) is 9.57. The molecule has 2 nitrogen and oxygen atoms in total. The Bertz CT molecular complexity index is 2610. The molecular formula is C45H29FN2. The van der Waals surface area contributed by atoms with Crippen LogP contribution in [0.3, 0.4) is 0 Å². The molecule has 9 aromatic rings. The van der Waals surface area contributed by atoms with Crippen molar-refractivity contribution in [3.05, 3.63) is 182 Å². The lowest BCUT2D eigenvalue weighted by Gasteiger charge is -2.12. The summed E-state index contributed by atoms with van der Waals surface area (Å²) in [6.07, 6.45) is 0. The highest BCUT2D eigenvalue weighted by Crippen LogP contribution is 2.43. The Labute approximate surface area is 278 Å². The van der Waals surface area contributed by atoms with Gasteiger partial charge in [-0.25, -0.2) is 8.91 Å². The molecule has 0 spiro atoms. The van der Waals surface area contributed by atoms with E-state index in [4.69, 9.17) is 5.10 Å². The molecule has 48 heavy (non-hydrogen) atoms. The second kappa shape index (κ2) is 11.5. The highest BCUT2D eigenvalue weighted by atomic mass is 19.1. The van der Waals surface area contributed by atoms with Crippen LogP contribution < -0.4 is 0 Å². The first kappa shape index (κ1) is 27.9. The van der Waals surface area contributed by atoms with Gasteiger partial charge in [0.25, 0.3) is 0 Å². The first-order valence-corrected chi connectivity index (χ1v) is 16.2. The van der Waals surface area contributed by atoms with Crippen molar-refractivity contribution in [2.45, 2.75) is 0 Å². The molecule has 0 atom stereocenters. The molecule has 0 aliphatic carbocycles. The van der Waals surface area contributed by atoms with Gasteiger partial charge in [-0.1, -0.05) is 146 Å². The van der Waals surface area contributed by atoms with Crippen molar-refractivity contribution < 1.29 is 4.39 Å². The first-order chi connectivity index (χ1) is 23.7. The van der Waals surface area contributed by atoms with Gasteiger partial charge < -0.3 is 0 Å². The van der Waals surface area contributed by atoms with Crippen molar-refractivity contribution in [1.29, 1.82) is 0 Å². The van der Waals surface area contributed by atoms with Gasteiger partial charge in [-0.3, -0.25) is 0 Å². The number of hydrogen-bond donors (Lipinski definition) is 0. The van der Waals surface area contributed by atoms with Gasteiger partial charge in [0.05, 0.1) is 11.2 Å². The number of pyridine rings is 1. The summed E-state index contributed by atoms with van der Waals surface area (Å²) in [5.41, 5.74) is 11.2. The number of aromatic nitrogens is 2. The van der Waals surface area contributed by atoms with E-state index in [0.29, 0.717) is 0 Å². The lowest BCUT2D eigenvalue weighted by Crippen LogP contribution is -1.96. The summed E-state index contributed by atoms with van der Waals surface area (Å²) in [7, 11) is 0. The van der Waals surface area contributed by atoms with Crippen LogP contribution in [0.25, 0.3) is 83.0 Å². The maximum atomic E-state index is 15.1. The number of hydrogen-bond acceptors (Lipinski definition) is 1. The molecule has 0 N–H and O–H groups in total. The Morgan fingerprint density at radius 2 is 1.04 bits per heavy atom. The second-order valence-corrected chi connectivity index (χ2v) is 12.2. The summed E-state index contributed by atoms with van der Waals surface area (Å²) >= 11 is 0. The Kier molecular flexibility index (Phi) is 6.69. The molecule has 0 bridgehead atoms. The topological polar surface area (TPSA) is 17.3 Å². The second-order valence-electron chi connectivity index (χ2n) is 12.2. The molecule has 0 amide bonds. The highest BCUT2D eigenvalue weighted by molar-refractivity contribution is 6.09. The molecule has 7 aromatic carbocycles. The maximum Gasteiger partial charge on any atom is 0.123 e. The number of halogens is 1. The van der Waals surface area contributed by atoms with E-state index in [0.717, 1.165) is 66.6 Å². The lowest BCUT2D eigenvalue weighted by atomic mass is 9.92. The molecule has 226 valence electrons. The van der Waals surface area contributed by atoms with Crippen molar-refractivity contribution in [2.75, 3.05) is 0 Å². The molecule has 3 heteroatoms. The normalized spacial score (nSPS) is 11.4. The minimum Gasteiger partial charge on any atom is -0.231 e. The molecule has 0 aliphatic heterocycles. The van der Waals surface area contributed by atoms with Gasteiger partial charge in [0.15, 0.2) is 0 Å². The zero-order valence-electron chi connectivity index (χ0n) is 26.0. The number of fused-ring (bicyclic) bond motifs is 4. The van der Waals surface area contributed by atoms with Gasteiger partial charge in [0.1, 0.15) is 11.5 Å². The van der Waals surface area contributed by atoms with E-state index in [1.54, 1.807) is 6.07 Å². The van der Waals surface area contributed by atoms with Crippen LogP contribution in [0.4, 0.5) is 4.39 Å². The fraction of sp³-hybridized carbons (Fsp3) is 0. The largest absolute Gasteiger partial charge is 0.231 e. The van der Waals surface area contributed by atoms with Gasteiger partial charge in [-0.2, -0.15) is 5.10 Å². The fourth-order valence-corrected chi connectivity index (χ4v) is 7.00. The summed E-state index contributed by atoms with van der Waals surface area (Å²) < 4.78 is 17.1. The summed E-state index contributed by atoms with van der Waals surface area (Å²) in [5.74, 6) is -0.277. The van der Waals surface area contributed by atoms with E-state index >= 15 is 4.39 Å². The molecule has 0 saturated heterocycles. The Morgan fingerprint density at radius 1 is 0.417 bits per heavy atom. The van der Waals surface area contributed by atoms with Gasteiger partial charge in [-0.15, -0.1) is 0 Å². The quantitative estimate of drug-likeness (QED) is 0.188. The predicted octanol–water partition coefficient (Wildman–Crippen LogP) is 12.1. The SMILES string of the molecule is Fc1ccc2cc(-c3ccccc3)n3nc(-c4cccc(-c5ccccc5)c4)c(-c4cccc(-c5cccc6ccccc56)c4)c3c2c1. The molecule has 0 unspecified atom stereocenters. The van der Waals surface area contributed by atoms with Crippen molar-refractivity contribution >= 4 is 27.1 Å². The van der Waals surface area contributed by atoms with Gasteiger partial charge >= 0.3 is 0 Å². The van der Waals surface area contributed by atoms with Crippen molar-refractivity contribution in [3.8, 4) is 55.9 Å². The third kappa shape index (κ3) is 4.76. The van der Waals surface area contributed by atoms with E-state index in [2.05, 4.69) is 133 Å². The van der Waals surface area contributed by atoms with E-state index in [1.807, 2.05) is 34.8 Å². The number of nitrogens with zero attached hydrogens (tertiary/aromatic N) is 2. The monoisotopic (exact) mass is 616 g/mol. The van der Waals surface area contributed by atoms with Crippen LogP contribution >= 0.6 is 0 Å². The van der Waals surface area contributed by atoms with E-state index < -0.39 is 0 Å². The summed E-state index contributed by atoms with van der Waals surface area (Å²) in [4.78, 5) is 0. The van der Waals surface area contributed by atoms with E-state index in [1.165, 1.54) is 22.4 Å². The van der Waals surface area contributed by atoms with Crippen molar-refractivity contribution in [2.24, 2.45) is 0 Å². The smallest absolute Gasteiger partial charge is 0.123 e. The van der Waals surface area contributed by atoms with Crippen LogP contribution in [0, 0.1) is 5.82 Å². The molecule has 0 radical (unpaired) electrons. The minimum atomic E-state index is -0.277. The Balaban J connectivity index is 1.38. The third-order valence-corrected chi connectivity index (χ3v) is 9.24. The lowest BCUT2D eigenvalue weighted by molar-refractivity contribution is 0.630. The minimum absolute atomic E-state index is 0.277. The van der Waals surface area contributed by atoms with Crippen molar-refractivity contribution in [3.63, 3.8) is 0 Å². The fourth-order valence-electron chi connectivity index (χ4n) is 7.00. The Morgan fingerprint density at radius 3 is 1.88 bits per heavy atom. The van der Waals surface area contributed by atoms with Crippen LogP contribution in [0.15, 0.2) is 176 Å². The van der Waals surface area contributed by atoms with Crippen LogP contribution in [0.1, 0.15) is 0 Å². The van der Waals surface area contributed by atoms with Crippen LogP contribution in [-0.2, 0) is 0 Å². The van der Waals surface area contributed by atoms with Crippen LogP contribution in [0.2, 0.25) is 0 Å². The zero-order valence-corrected chi connectivity index (χ0v) is 26.0. The zero-order chi connectivity index (χ0) is 32.0. The average molecular weight is 617 g/mol. The summed E-state index contributed by atoms with van der Waals surface area (Å²) in [6, 6.07) is 60.0. The predicted molar refractivity (Wildman–Crippen MR) is 197 cm³/mol. The molecule has 9 rings (SSSR count). The first-order valence-electron chi connectivity index (χ1n) is 16.2. The van der Waals surface area contributed by atoms with Gasteiger partial charge in [0, 0.05) is 22.1 Å².